The minimum atomic E-state index is -5.77. The van der Waals surface area contributed by atoms with E-state index in [1.54, 1.807) is 6.92 Å². The van der Waals surface area contributed by atoms with Crippen LogP contribution in [-0.4, -0.2) is 31.6 Å². The lowest BCUT2D eigenvalue weighted by Gasteiger charge is -2.17. The Bertz CT molecular complexity index is 803. The summed E-state index contributed by atoms with van der Waals surface area (Å²) in [6.07, 6.45) is 0.390. The number of hydrogen-bond donors (Lipinski definition) is 1. The zero-order valence-corrected chi connectivity index (χ0v) is 13.1. The Morgan fingerprint density at radius 1 is 1.46 bits per heavy atom. The Morgan fingerprint density at radius 2 is 2.12 bits per heavy atom. The summed E-state index contributed by atoms with van der Waals surface area (Å²) < 4.78 is 68.6. The molecule has 1 fully saturated rings. The normalized spacial score (nSPS) is 28.3. The van der Waals surface area contributed by atoms with E-state index in [4.69, 9.17) is 4.74 Å². The first-order valence-electron chi connectivity index (χ1n) is 7.05. The minimum Gasteiger partial charge on any atom is -0.493 e. The van der Waals surface area contributed by atoms with Crippen molar-refractivity contribution < 1.29 is 40.4 Å². The quantitative estimate of drug-likeness (QED) is 0.651. The van der Waals surface area contributed by atoms with E-state index in [0.717, 1.165) is 12.1 Å². The molecular weight excluding hydrogens is 353 g/mol. The van der Waals surface area contributed by atoms with Gasteiger partial charge in [-0.05, 0) is 18.1 Å². The smallest absolute Gasteiger partial charge is 0.493 e. The van der Waals surface area contributed by atoms with Crippen molar-refractivity contribution in [1.82, 2.24) is 0 Å². The molecule has 1 N–H and O–H groups in total. The van der Waals surface area contributed by atoms with Gasteiger partial charge >= 0.3 is 21.6 Å². The molecule has 1 aliphatic carbocycles. The number of benzene rings is 1. The predicted octanol–water partition coefficient (Wildman–Crippen LogP) is 2.50. The number of fused-ring (bicyclic) bond motifs is 3. The molecule has 3 rings (SSSR count). The van der Waals surface area contributed by atoms with E-state index in [9.17, 15) is 31.5 Å². The maximum Gasteiger partial charge on any atom is 0.534 e. The summed E-state index contributed by atoms with van der Waals surface area (Å²) in [6.45, 7) is 1.85. The fourth-order valence-electron chi connectivity index (χ4n) is 3.48. The lowest BCUT2D eigenvalue weighted by Crippen LogP contribution is -2.28. The van der Waals surface area contributed by atoms with Gasteiger partial charge in [0.15, 0.2) is 0 Å². The van der Waals surface area contributed by atoms with Gasteiger partial charge in [0.05, 0.1) is 12.0 Å². The monoisotopic (exact) mass is 366 g/mol. The van der Waals surface area contributed by atoms with E-state index in [1.807, 2.05) is 0 Å². The molecule has 10 heteroatoms. The van der Waals surface area contributed by atoms with Gasteiger partial charge < -0.3 is 14.0 Å². The fourth-order valence-corrected chi connectivity index (χ4v) is 3.94. The summed E-state index contributed by atoms with van der Waals surface area (Å²) in [5.74, 6) is -1.86. The summed E-state index contributed by atoms with van der Waals surface area (Å²) >= 11 is 0. The van der Waals surface area contributed by atoms with E-state index in [0.29, 0.717) is 12.0 Å². The molecule has 1 saturated carbocycles. The number of carboxylic acids is 1. The van der Waals surface area contributed by atoms with Crippen LogP contribution in [0.2, 0.25) is 0 Å². The average molecular weight is 366 g/mol. The molecule has 1 aromatic rings. The molecule has 1 unspecified atom stereocenters. The topological polar surface area (TPSA) is 89.9 Å². The van der Waals surface area contributed by atoms with Crippen LogP contribution in [0.5, 0.6) is 11.5 Å². The largest absolute Gasteiger partial charge is 0.534 e. The van der Waals surface area contributed by atoms with Crippen LogP contribution in [0.25, 0.3) is 0 Å². The lowest BCUT2D eigenvalue weighted by atomic mass is 9.96. The second-order valence-electron chi connectivity index (χ2n) is 5.78. The molecule has 0 spiro atoms. The Hall–Kier alpha value is -1.97. The second-order valence-corrected chi connectivity index (χ2v) is 7.31. The first-order chi connectivity index (χ1) is 11.0. The number of alkyl halides is 3. The van der Waals surface area contributed by atoms with Crippen LogP contribution in [0.3, 0.4) is 0 Å². The van der Waals surface area contributed by atoms with Crippen molar-refractivity contribution in [3.05, 3.63) is 23.8 Å². The Kier molecular flexibility index (Phi) is 3.52. The highest BCUT2D eigenvalue weighted by molar-refractivity contribution is 7.88. The van der Waals surface area contributed by atoms with Crippen molar-refractivity contribution in [2.24, 2.45) is 11.3 Å². The second kappa shape index (κ2) is 5.01. The van der Waals surface area contributed by atoms with Gasteiger partial charge in [0.2, 0.25) is 0 Å². The highest BCUT2D eigenvalue weighted by atomic mass is 32.2. The van der Waals surface area contributed by atoms with Crippen LogP contribution in [-0.2, 0) is 14.9 Å². The SMILES string of the molecule is CCC1(C(=O)O)[C@@H]2c3ccc(OS(=O)(=O)C(F)(F)F)cc3OC[C@@H]21. The molecule has 0 saturated heterocycles. The van der Waals surface area contributed by atoms with Crippen molar-refractivity contribution in [1.29, 1.82) is 0 Å². The van der Waals surface area contributed by atoms with Crippen LogP contribution >= 0.6 is 0 Å². The van der Waals surface area contributed by atoms with E-state index in [-0.39, 0.29) is 24.2 Å². The Morgan fingerprint density at radius 3 is 2.67 bits per heavy atom. The third kappa shape index (κ3) is 2.23. The van der Waals surface area contributed by atoms with Gasteiger partial charge in [0.1, 0.15) is 11.5 Å². The highest BCUT2D eigenvalue weighted by Gasteiger charge is 2.71. The van der Waals surface area contributed by atoms with Crippen LogP contribution < -0.4 is 8.92 Å². The number of rotatable bonds is 4. The summed E-state index contributed by atoms with van der Waals surface area (Å²) in [7, 11) is -5.77. The maximum absolute atomic E-state index is 12.4. The minimum absolute atomic E-state index is 0.104. The van der Waals surface area contributed by atoms with Crippen molar-refractivity contribution in [3.63, 3.8) is 0 Å². The molecule has 0 amide bonds. The zero-order valence-electron chi connectivity index (χ0n) is 12.3. The first kappa shape index (κ1) is 16.9. The van der Waals surface area contributed by atoms with Crippen LogP contribution in [0.4, 0.5) is 13.2 Å². The van der Waals surface area contributed by atoms with E-state index in [1.165, 1.54) is 6.07 Å². The van der Waals surface area contributed by atoms with E-state index >= 15 is 0 Å². The molecule has 2 aliphatic rings. The molecule has 24 heavy (non-hydrogen) atoms. The molecule has 0 aromatic heterocycles. The van der Waals surface area contributed by atoms with Gasteiger partial charge in [0, 0.05) is 17.9 Å². The third-order valence-electron chi connectivity index (χ3n) is 4.72. The molecule has 1 aromatic carbocycles. The predicted molar refractivity (Wildman–Crippen MR) is 74.1 cm³/mol. The number of hydrogen-bond acceptors (Lipinski definition) is 5. The molecule has 6 nitrogen and oxygen atoms in total. The molecule has 1 heterocycles. The lowest BCUT2D eigenvalue weighted by molar-refractivity contribution is -0.144. The zero-order chi connectivity index (χ0) is 17.9. The average Bonchev–Trinajstić information content (AvgIpc) is 3.15. The fraction of sp³-hybridized carbons (Fsp3) is 0.500. The first-order valence-corrected chi connectivity index (χ1v) is 8.46. The van der Waals surface area contributed by atoms with Crippen molar-refractivity contribution in [3.8, 4) is 11.5 Å². The molecule has 1 aliphatic heterocycles. The standard InChI is InChI=1S/C14H13F3O6S/c1-2-13(12(18)19)9-6-22-10-5-7(3-4-8(10)11(9)13)23-24(20,21)14(15,16)17/h3-5,9,11H,2,6H2,1H3,(H,18,19)/t9-,11+,13?/m0/s1. The molecule has 0 radical (unpaired) electrons. The number of halogens is 3. The van der Waals surface area contributed by atoms with Gasteiger partial charge in [0.25, 0.3) is 0 Å². The van der Waals surface area contributed by atoms with Gasteiger partial charge in [-0.1, -0.05) is 13.0 Å². The highest BCUT2D eigenvalue weighted by Crippen LogP contribution is 2.70. The molecule has 0 bridgehead atoms. The summed E-state index contributed by atoms with van der Waals surface area (Å²) in [4.78, 5) is 11.6. The van der Waals surface area contributed by atoms with Gasteiger partial charge in [-0.2, -0.15) is 21.6 Å². The van der Waals surface area contributed by atoms with Crippen molar-refractivity contribution in [2.75, 3.05) is 6.61 Å². The van der Waals surface area contributed by atoms with E-state index < -0.39 is 32.8 Å². The number of ether oxygens (including phenoxy) is 1. The maximum atomic E-state index is 12.4. The summed E-state index contributed by atoms with van der Waals surface area (Å²) in [6, 6.07) is 3.46. The summed E-state index contributed by atoms with van der Waals surface area (Å²) in [5, 5.41) is 9.47. The van der Waals surface area contributed by atoms with Gasteiger partial charge in [-0.3, -0.25) is 4.79 Å². The van der Waals surface area contributed by atoms with E-state index in [2.05, 4.69) is 4.18 Å². The van der Waals surface area contributed by atoms with Crippen LogP contribution in [0, 0.1) is 11.3 Å². The summed E-state index contributed by atoms with van der Waals surface area (Å²) in [5.41, 5.74) is -5.95. The van der Waals surface area contributed by atoms with Crippen LogP contribution in [0.15, 0.2) is 18.2 Å². The molecule has 3 atom stereocenters. The van der Waals surface area contributed by atoms with Crippen LogP contribution in [0.1, 0.15) is 24.8 Å². The number of aliphatic carboxylic acids is 1. The Balaban J connectivity index is 1.91. The van der Waals surface area contributed by atoms with Crippen molar-refractivity contribution in [2.45, 2.75) is 24.8 Å². The third-order valence-corrected chi connectivity index (χ3v) is 5.70. The Labute approximate surface area is 135 Å². The number of carbonyl (C=O) groups is 1. The van der Waals surface area contributed by atoms with Gasteiger partial charge in [-0.25, -0.2) is 0 Å². The van der Waals surface area contributed by atoms with Crippen molar-refractivity contribution >= 4 is 16.1 Å². The molecule has 132 valence electrons. The van der Waals surface area contributed by atoms with Gasteiger partial charge in [-0.15, -0.1) is 0 Å². The molecular formula is C14H13F3O6S. The number of carboxylic acid groups (broad SMARTS) is 1.